The molecule has 32 heavy (non-hydrogen) atoms. The number of ether oxygens (including phenoxy) is 3. The van der Waals surface area contributed by atoms with Crippen molar-refractivity contribution >= 4 is 22.1 Å². The Kier molecular flexibility index (Phi) is 8.48. The summed E-state index contributed by atoms with van der Waals surface area (Å²) in [6.45, 7) is -2.61. The number of hydrogen-bond acceptors (Lipinski definition) is 7. The summed E-state index contributed by atoms with van der Waals surface area (Å²) in [4.78, 5) is 25.0. The zero-order valence-corrected chi connectivity index (χ0v) is 17.9. The van der Waals surface area contributed by atoms with Crippen molar-refractivity contribution in [1.29, 1.82) is 0 Å². The zero-order valence-electron chi connectivity index (χ0n) is 17.0. The first-order valence-corrected chi connectivity index (χ1v) is 11.6. The molecule has 0 heterocycles. The molecule has 0 radical (unpaired) electrons. The van der Waals surface area contributed by atoms with Gasteiger partial charge in [0.05, 0.1) is 5.92 Å². The second kappa shape index (κ2) is 10.2. The highest BCUT2D eigenvalue weighted by Gasteiger charge is 2.69. The Bertz CT molecular complexity index is 773. The Balaban J connectivity index is 2.37. The van der Waals surface area contributed by atoms with Crippen molar-refractivity contribution in [3.8, 4) is 0 Å². The molecule has 8 nitrogen and oxygen atoms in total. The molecule has 186 valence electrons. The Morgan fingerprint density at radius 1 is 0.875 bits per heavy atom. The first-order valence-electron chi connectivity index (χ1n) is 10.2. The minimum atomic E-state index is -6.19. The van der Waals surface area contributed by atoms with Crippen LogP contribution in [0, 0.1) is 5.92 Å². The summed E-state index contributed by atoms with van der Waals surface area (Å²) in [6.07, 6.45) is -2.57. The van der Waals surface area contributed by atoms with Gasteiger partial charge < -0.3 is 14.2 Å². The highest BCUT2D eigenvalue weighted by molar-refractivity contribution is 7.86. The van der Waals surface area contributed by atoms with Gasteiger partial charge in [-0.1, -0.05) is 25.7 Å². The maximum atomic E-state index is 14.0. The van der Waals surface area contributed by atoms with Crippen molar-refractivity contribution in [1.82, 2.24) is 0 Å². The molecule has 1 atom stereocenters. The molecule has 2 aliphatic rings. The van der Waals surface area contributed by atoms with Crippen LogP contribution in [0.3, 0.4) is 0 Å². The maximum Gasteiger partial charge on any atom is 0.468 e. The van der Waals surface area contributed by atoms with Crippen molar-refractivity contribution in [2.75, 3.05) is 6.61 Å². The summed E-state index contributed by atoms with van der Waals surface area (Å²) in [5, 5.41) is -5.22. The third kappa shape index (κ3) is 6.28. The van der Waals surface area contributed by atoms with Crippen molar-refractivity contribution in [3.05, 3.63) is 0 Å². The summed E-state index contributed by atoms with van der Waals surface area (Å²) in [5.41, 5.74) is 0. The lowest BCUT2D eigenvalue weighted by atomic mass is 9.89. The third-order valence-electron chi connectivity index (χ3n) is 5.47. The zero-order chi connectivity index (χ0) is 24.2. The van der Waals surface area contributed by atoms with Gasteiger partial charge in [0.15, 0.2) is 0 Å². The normalized spacial score (nSPS) is 21.6. The van der Waals surface area contributed by atoms with Gasteiger partial charge in [-0.25, -0.2) is 4.79 Å². The number of rotatable bonds is 8. The fraction of sp³-hybridized carbons (Fsp3) is 0.889. The van der Waals surface area contributed by atoms with E-state index < -0.39 is 57.9 Å². The van der Waals surface area contributed by atoms with Gasteiger partial charge in [0.1, 0.15) is 12.7 Å². The lowest BCUT2D eigenvalue weighted by Crippen LogP contribution is -2.60. The van der Waals surface area contributed by atoms with E-state index in [0.717, 1.165) is 12.8 Å². The van der Waals surface area contributed by atoms with Crippen LogP contribution in [-0.2, 0) is 33.9 Å². The smallest absolute Gasteiger partial charge is 0.457 e. The lowest BCUT2D eigenvalue weighted by Gasteiger charge is -2.35. The topological polar surface area (TPSA) is 116 Å². The summed E-state index contributed by atoms with van der Waals surface area (Å²) < 4.78 is 113. The van der Waals surface area contributed by atoms with Crippen LogP contribution in [-0.4, -0.2) is 54.8 Å². The van der Waals surface area contributed by atoms with Gasteiger partial charge in [0, 0.05) is 0 Å². The fourth-order valence-electron chi connectivity index (χ4n) is 3.62. The fourth-order valence-corrected chi connectivity index (χ4v) is 3.83. The van der Waals surface area contributed by atoms with Gasteiger partial charge in [0.25, 0.3) is 0 Å². The second-order valence-electron chi connectivity index (χ2n) is 7.94. The van der Waals surface area contributed by atoms with Crippen LogP contribution >= 0.6 is 0 Å². The van der Waals surface area contributed by atoms with Crippen LogP contribution in [0.2, 0.25) is 0 Å². The monoisotopic (exact) mass is 496 g/mol. The van der Waals surface area contributed by atoms with E-state index in [1.54, 1.807) is 0 Å². The van der Waals surface area contributed by atoms with Gasteiger partial charge in [-0.3, -0.25) is 9.35 Å². The minimum Gasteiger partial charge on any atom is -0.457 e. The standard InChI is InChI=1S/C18H25F5O8S/c19-16(20,32(26,27)28)11-29-17(18(21,22)23,15(25)30-13-9-5-2-6-10-13)31-14(24)12-7-3-1-4-8-12/h12-13H,1-11H2,(H,26,27,28). The molecule has 2 fully saturated rings. The molecule has 2 saturated carbocycles. The van der Waals surface area contributed by atoms with E-state index in [2.05, 4.69) is 9.47 Å². The van der Waals surface area contributed by atoms with Crippen LogP contribution in [0.25, 0.3) is 0 Å². The predicted octanol–water partition coefficient (Wildman–Crippen LogP) is 3.74. The molecule has 0 bridgehead atoms. The van der Waals surface area contributed by atoms with Crippen LogP contribution < -0.4 is 0 Å². The van der Waals surface area contributed by atoms with E-state index >= 15 is 0 Å². The van der Waals surface area contributed by atoms with Gasteiger partial charge in [-0.05, 0) is 38.5 Å². The number of halogens is 5. The first kappa shape index (κ1) is 26.7. The summed E-state index contributed by atoms with van der Waals surface area (Å²) in [6, 6.07) is 0. The predicted molar refractivity (Wildman–Crippen MR) is 96.9 cm³/mol. The molecule has 0 spiro atoms. The van der Waals surface area contributed by atoms with Crippen LogP contribution in [0.5, 0.6) is 0 Å². The second-order valence-corrected chi connectivity index (χ2v) is 9.48. The summed E-state index contributed by atoms with van der Waals surface area (Å²) in [5.74, 6) is -9.43. The number of carbonyl (C=O) groups is 2. The molecule has 0 saturated heterocycles. The molecular formula is C18H25F5O8S. The molecule has 1 unspecified atom stereocenters. The van der Waals surface area contributed by atoms with Gasteiger partial charge in [0.2, 0.25) is 0 Å². The SMILES string of the molecule is O=C(OC(OCC(F)(F)S(=O)(=O)O)(C(=O)OC1CCCCC1)C(F)(F)F)C1CCCCC1. The average molecular weight is 496 g/mol. The Morgan fingerprint density at radius 2 is 1.38 bits per heavy atom. The molecule has 2 aliphatic carbocycles. The van der Waals surface area contributed by atoms with Crippen LogP contribution in [0.4, 0.5) is 22.0 Å². The van der Waals surface area contributed by atoms with Crippen molar-refractivity contribution < 1.29 is 58.7 Å². The molecule has 2 rings (SSSR count). The molecular weight excluding hydrogens is 471 g/mol. The van der Waals surface area contributed by atoms with Crippen molar-refractivity contribution in [2.45, 2.75) is 87.5 Å². The molecule has 0 aromatic carbocycles. The van der Waals surface area contributed by atoms with Crippen LogP contribution in [0.1, 0.15) is 64.2 Å². The number of hydrogen-bond donors (Lipinski definition) is 1. The average Bonchev–Trinajstić information content (AvgIpc) is 2.70. The van der Waals surface area contributed by atoms with E-state index in [0.29, 0.717) is 25.7 Å². The van der Waals surface area contributed by atoms with E-state index in [-0.39, 0.29) is 25.7 Å². The molecule has 14 heteroatoms. The van der Waals surface area contributed by atoms with Gasteiger partial charge in [-0.2, -0.15) is 30.4 Å². The molecule has 0 aliphatic heterocycles. The van der Waals surface area contributed by atoms with E-state index in [1.807, 2.05) is 0 Å². The quantitative estimate of drug-likeness (QED) is 0.234. The van der Waals surface area contributed by atoms with Crippen LogP contribution in [0.15, 0.2) is 0 Å². The summed E-state index contributed by atoms with van der Waals surface area (Å²) >= 11 is 0. The number of alkyl halides is 5. The highest BCUT2D eigenvalue weighted by Crippen LogP contribution is 2.40. The minimum absolute atomic E-state index is 0.158. The Hall–Kier alpha value is -1.54. The van der Waals surface area contributed by atoms with Gasteiger partial charge in [-0.15, -0.1) is 0 Å². The Morgan fingerprint density at radius 3 is 1.84 bits per heavy atom. The van der Waals surface area contributed by atoms with E-state index in [4.69, 9.17) is 9.29 Å². The molecule has 0 aromatic rings. The highest BCUT2D eigenvalue weighted by atomic mass is 32.2. The van der Waals surface area contributed by atoms with Crippen molar-refractivity contribution in [2.24, 2.45) is 5.92 Å². The van der Waals surface area contributed by atoms with E-state index in [9.17, 15) is 40.0 Å². The number of carbonyl (C=O) groups excluding carboxylic acids is 2. The van der Waals surface area contributed by atoms with Gasteiger partial charge >= 0.3 is 39.3 Å². The lowest BCUT2D eigenvalue weighted by molar-refractivity contribution is -0.363. The Labute approximate surface area is 181 Å². The largest absolute Gasteiger partial charge is 0.468 e. The molecule has 0 aromatic heterocycles. The molecule has 1 N–H and O–H groups in total. The van der Waals surface area contributed by atoms with Crippen molar-refractivity contribution in [3.63, 3.8) is 0 Å². The molecule has 0 amide bonds. The first-order chi connectivity index (χ1) is 14.7. The van der Waals surface area contributed by atoms with E-state index in [1.165, 1.54) is 0 Å². The third-order valence-corrected chi connectivity index (χ3v) is 6.34. The number of esters is 2. The maximum absolute atomic E-state index is 14.0. The summed E-state index contributed by atoms with van der Waals surface area (Å²) in [7, 11) is -6.19.